The SMILES string of the molecule is COc1cccc(OC)c1C(=O)Nc1nc(-c2ccc(OC(C)C)cc2)cs1. The molecular formula is C21H22N2O4S. The number of nitrogens with one attached hydrogen (secondary N) is 1. The van der Waals surface area contributed by atoms with Crippen LogP contribution in [0.2, 0.25) is 0 Å². The van der Waals surface area contributed by atoms with E-state index in [9.17, 15) is 4.79 Å². The molecule has 0 saturated heterocycles. The Morgan fingerprint density at radius 2 is 1.68 bits per heavy atom. The Balaban J connectivity index is 1.77. The van der Waals surface area contributed by atoms with Crippen molar-refractivity contribution in [1.29, 1.82) is 0 Å². The molecule has 1 N–H and O–H groups in total. The minimum absolute atomic E-state index is 0.124. The van der Waals surface area contributed by atoms with Gasteiger partial charge < -0.3 is 14.2 Å². The first-order chi connectivity index (χ1) is 13.5. The van der Waals surface area contributed by atoms with Gasteiger partial charge in [-0.05, 0) is 50.2 Å². The highest BCUT2D eigenvalue weighted by Gasteiger charge is 2.19. The number of anilines is 1. The van der Waals surface area contributed by atoms with Gasteiger partial charge in [-0.3, -0.25) is 10.1 Å². The van der Waals surface area contributed by atoms with Gasteiger partial charge >= 0.3 is 0 Å². The molecule has 2 aromatic carbocycles. The summed E-state index contributed by atoms with van der Waals surface area (Å²) in [6, 6.07) is 12.9. The summed E-state index contributed by atoms with van der Waals surface area (Å²) in [6.45, 7) is 3.97. The monoisotopic (exact) mass is 398 g/mol. The molecule has 0 bridgehead atoms. The Kier molecular flexibility index (Phi) is 6.16. The Hall–Kier alpha value is -3.06. The van der Waals surface area contributed by atoms with E-state index in [4.69, 9.17) is 14.2 Å². The number of carbonyl (C=O) groups is 1. The van der Waals surface area contributed by atoms with Gasteiger partial charge in [0.05, 0.1) is 26.0 Å². The second kappa shape index (κ2) is 8.75. The third kappa shape index (κ3) is 4.43. The van der Waals surface area contributed by atoms with E-state index in [1.807, 2.05) is 43.5 Å². The Bertz CT molecular complexity index is 929. The van der Waals surface area contributed by atoms with Gasteiger partial charge in [-0.25, -0.2) is 4.98 Å². The van der Waals surface area contributed by atoms with Gasteiger partial charge in [-0.2, -0.15) is 0 Å². The number of ether oxygens (including phenoxy) is 3. The summed E-state index contributed by atoms with van der Waals surface area (Å²) in [5, 5.41) is 5.21. The van der Waals surface area contributed by atoms with Crippen LogP contribution in [0.5, 0.6) is 17.2 Å². The van der Waals surface area contributed by atoms with E-state index in [0.29, 0.717) is 22.2 Å². The van der Waals surface area contributed by atoms with Crippen LogP contribution in [0.3, 0.4) is 0 Å². The summed E-state index contributed by atoms with van der Waals surface area (Å²) in [5.74, 6) is 1.35. The molecule has 3 rings (SSSR count). The lowest BCUT2D eigenvalue weighted by molar-refractivity contribution is 0.102. The second-order valence-corrected chi connectivity index (χ2v) is 7.08. The summed E-state index contributed by atoms with van der Waals surface area (Å²) in [7, 11) is 3.03. The molecule has 0 radical (unpaired) electrons. The number of amides is 1. The predicted molar refractivity (Wildman–Crippen MR) is 111 cm³/mol. The van der Waals surface area contributed by atoms with Gasteiger partial charge in [0.15, 0.2) is 5.13 Å². The fourth-order valence-electron chi connectivity index (χ4n) is 2.67. The van der Waals surface area contributed by atoms with Crippen molar-refractivity contribution < 1.29 is 19.0 Å². The van der Waals surface area contributed by atoms with Crippen LogP contribution in [0.1, 0.15) is 24.2 Å². The maximum Gasteiger partial charge on any atom is 0.265 e. The number of hydrogen-bond donors (Lipinski definition) is 1. The van der Waals surface area contributed by atoms with Crippen LogP contribution < -0.4 is 19.5 Å². The van der Waals surface area contributed by atoms with Crippen molar-refractivity contribution in [2.24, 2.45) is 0 Å². The van der Waals surface area contributed by atoms with Crippen molar-refractivity contribution in [3.8, 4) is 28.5 Å². The summed E-state index contributed by atoms with van der Waals surface area (Å²) in [6.07, 6.45) is 0.124. The number of nitrogens with zero attached hydrogens (tertiary/aromatic N) is 1. The fraction of sp³-hybridized carbons (Fsp3) is 0.238. The third-order valence-electron chi connectivity index (χ3n) is 3.90. The molecule has 7 heteroatoms. The maximum atomic E-state index is 12.7. The molecule has 6 nitrogen and oxygen atoms in total. The van der Waals surface area contributed by atoms with Crippen LogP contribution >= 0.6 is 11.3 Å². The third-order valence-corrected chi connectivity index (χ3v) is 4.66. The number of methoxy groups -OCH3 is 2. The Morgan fingerprint density at radius 3 is 2.25 bits per heavy atom. The molecule has 0 fully saturated rings. The number of thiazole rings is 1. The van der Waals surface area contributed by atoms with Gasteiger partial charge in [0.25, 0.3) is 5.91 Å². The molecule has 3 aromatic rings. The molecule has 1 aromatic heterocycles. The number of benzene rings is 2. The van der Waals surface area contributed by atoms with Crippen molar-refractivity contribution >= 4 is 22.4 Å². The highest BCUT2D eigenvalue weighted by atomic mass is 32.1. The Labute approximate surface area is 168 Å². The summed E-state index contributed by atoms with van der Waals surface area (Å²) in [4.78, 5) is 17.3. The fourth-order valence-corrected chi connectivity index (χ4v) is 3.39. The first kappa shape index (κ1) is 19.7. The van der Waals surface area contributed by atoms with E-state index in [1.54, 1.807) is 18.2 Å². The first-order valence-electron chi connectivity index (χ1n) is 8.76. The van der Waals surface area contributed by atoms with Crippen molar-refractivity contribution in [2.75, 3.05) is 19.5 Å². The molecular weight excluding hydrogens is 376 g/mol. The summed E-state index contributed by atoms with van der Waals surface area (Å²) in [5.41, 5.74) is 2.06. The highest BCUT2D eigenvalue weighted by Crippen LogP contribution is 2.31. The molecule has 0 atom stereocenters. The van der Waals surface area contributed by atoms with Crippen LogP contribution in [0, 0.1) is 0 Å². The van der Waals surface area contributed by atoms with Gasteiger partial charge in [-0.1, -0.05) is 6.07 Å². The topological polar surface area (TPSA) is 69.7 Å². The van der Waals surface area contributed by atoms with Crippen LogP contribution in [0.25, 0.3) is 11.3 Å². The lowest BCUT2D eigenvalue weighted by Gasteiger charge is -2.11. The van der Waals surface area contributed by atoms with Gasteiger partial charge in [0, 0.05) is 10.9 Å². The molecule has 0 aliphatic carbocycles. The number of aromatic nitrogens is 1. The second-order valence-electron chi connectivity index (χ2n) is 6.22. The van der Waals surface area contributed by atoms with E-state index in [0.717, 1.165) is 17.0 Å². The van der Waals surface area contributed by atoms with E-state index in [-0.39, 0.29) is 12.0 Å². The minimum Gasteiger partial charge on any atom is -0.496 e. The van der Waals surface area contributed by atoms with Gasteiger partial charge in [-0.15, -0.1) is 11.3 Å². The van der Waals surface area contributed by atoms with Crippen molar-refractivity contribution in [1.82, 2.24) is 4.98 Å². The summed E-state index contributed by atoms with van der Waals surface area (Å²) < 4.78 is 16.2. The lowest BCUT2D eigenvalue weighted by Crippen LogP contribution is -2.14. The molecule has 0 aliphatic rings. The van der Waals surface area contributed by atoms with Crippen molar-refractivity contribution in [3.05, 3.63) is 53.4 Å². The molecule has 28 heavy (non-hydrogen) atoms. The zero-order valence-electron chi connectivity index (χ0n) is 16.2. The zero-order valence-corrected chi connectivity index (χ0v) is 17.0. The van der Waals surface area contributed by atoms with Crippen LogP contribution in [0.4, 0.5) is 5.13 Å². The average Bonchev–Trinajstić information content (AvgIpc) is 3.15. The first-order valence-corrected chi connectivity index (χ1v) is 9.64. The van der Waals surface area contributed by atoms with Gasteiger partial charge in [0.1, 0.15) is 22.8 Å². The Morgan fingerprint density at radius 1 is 1.04 bits per heavy atom. The molecule has 0 unspecified atom stereocenters. The molecule has 1 amide bonds. The average molecular weight is 398 g/mol. The number of rotatable bonds is 7. The van der Waals surface area contributed by atoms with E-state index in [2.05, 4.69) is 10.3 Å². The molecule has 0 spiro atoms. The lowest BCUT2D eigenvalue weighted by atomic mass is 10.1. The minimum atomic E-state index is -0.337. The van der Waals surface area contributed by atoms with E-state index in [1.165, 1.54) is 25.6 Å². The normalized spacial score (nSPS) is 10.6. The molecule has 0 aliphatic heterocycles. The largest absolute Gasteiger partial charge is 0.496 e. The predicted octanol–water partition coefficient (Wildman–Crippen LogP) is 4.87. The number of carbonyl (C=O) groups excluding carboxylic acids is 1. The quantitative estimate of drug-likeness (QED) is 0.615. The van der Waals surface area contributed by atoms with Crippen LogP contribution in [-0.4, -0.2) is 31.2 Å². The van der Waals surface area contributed by atoms with E-state index < -0.39 is 0 Å². The van der Waals surface area contributed by atoms with Crippen LogP contribution in [0.15, 0.2) is 47.8 Å². The molecule has 1 heterocycles. The van der Waals surface area contributed by atoms with Crippen molar-refractivity contribution in [2.45, 2.75) is 20.0 Å². The standard InChI is InChI=1S/C21H22N2O4S/c1-13(2)27-15-10-8-14(9-11-15)16-12-28-21(22-16)23-20(24)19-17(25-3)6-5-7-18(19)26-4/h5-13H,1-4H3,(H,22,23,24). The van der Waals surface area contributed by atoms with Gasteiger partial charge in [0.2, 0.25) is 0 Å². The maximum absolute atomic E-state index is 12.7. The smallest absolute Gasteiger partial charge is 0.265 e. The van der Waals surface area contributed by atoms with E-state index >= 15 is 0 Å². The molecule has 146 valence electrons. The zero-order chi connectivity index (χ0) is 20.1. The number of hydrogen-bond acceptors (Lipinski definition) is 6. The van der Waals surface area contributed by atoms with Crippen molar-refractivity contribution in [3.63, 3.8) is 0 Å². The highest BCUT2D eigenvalue weighted by molar-refractivity contribution is 7.14. The summed E-state index contributed by atoms with van der Waals surface area (Å²) >= 11 is 1.35. The van der Waals surface area contributed by atoms with Crippen LogP contribution in [-0.2, 0) is 0 Å². The molecule has 0 saturated carbocycles.